The molecule has 2 aromatic heterocycles. The molecule has 0 radical (unpaired) electrons. The number of halogens is 2. The van der Waals surface area contributed by atoms with E-state index in [2.05, 4.69) is 12.2 Å². The lowest BCUT2D eigenvalue weighted by Gasteiger charge is -2.13. The largest absolute Gasteiger partial charge is 0.339 e. The lowest BCUT2D eigenvalue weighted by atomic mass is 10.1. The number of rotatable bonds is 3. The fraction of sp³-hybridized carbons (Fsp3) is 0.182. The van der Waals surface area contributed by atoms with Gasteiger partial charge in [-0.25, -0.2) is 9.97 Å². The highest BCUT2D eigenvalue weighted by molar-refractivity contribution is 7.19. The van der Waals surface area contributed by atoms with E-state index in [0.717, 1.165) is 45.7 Å². The lowest BCUT2D eigenvalue weighted by Crippen LogP contribution is -2.00. The van der Waals surface area contributed by atoms with Crippen molar-refractivity contribution in [3.63, 3.8) is 0 Å². The molecule has 2 aromatic carbocycles. The van der Waals surface area contributed by atoms with Gasteiger partial charge >= 0.3 is 0 Å². The van der Waals surface area contributed by atoms with Gasteiger partial charge in [0, 0.05) is 26.2 Å². The molecule has 1 N–H and O–H groups in total. The van der Waals surface area contributed by atoms with Gasteiger partial charge < -0.3 is 5.32 Å². The van der Waals surface area contributed by atoms with Crippen LogP contribution >= 0.6 is 34.5 Å². The van der Waals surface area contributed by atoms with Crippen molar-refractivity contribution in [1.82, 2.24) is 9.97 Å². The zero-order valence-electron chi connectivity index (χ0n) is 15.2. The van der Waals surface area contributed by atoms with Crippen molar-refractivity contribution in [3.8, 4) is 11.4 Å². The molecule has 0 saturated carbocycles. The van der Waals surface area contributed by atoms with E-state index in [1.807, 2.05) is 42.5 Å². The molecule has 0 saturated heterocycles. The summed E-state index contributed by atoms with van der Waals surface area (Å²) in [5, 5.41) is 6.09. The maximum absolute atomic E-state index is 6.23. The molecule has 28 heavy (non-hydrogen) atoms. The SMILES string of the molecule is Cc1ccc(Cl)cc1Nc1nc(-c2ccc(Cl)cc2)nc2sc3c(c12)CCC3. The van der Waals surface area contributed by atoms with Gasteiger partial charge in [0.15, 0.2) is 5.82 Å². The maximum atomic E-state index is 6.23. The number of hydrogen-bond acceptors (Lipinski definition) is 4. The molecular weight excluding hydrogens is 409 g/mol. The number of thiophene rings is 1. The molecule has 5 rings (SSSR count). The average molecular weight is 426 g/mol. The second-order valence-electron chi connectivity index (χ2n) is 7.02. The fourth-order valence-corrected chi connectivity index (χ4v) is 5.23. The van der Waals surface area contributed by atoms with Crippen molar-refractivity contribution in [2.45, 2.75) is 26.2 Å². The number of anilines is 2. The van der Waals surface area contributed by atoms with Gasteiger partial charge in [-0.05, 0) is 73.7 Å². The van der Waals surface area contributed by atoms with Crippen molar-refractivity contribution in [2.75, 3.05) is 5.32 Å². The molecule has 0 spiro atoms. The minimum absolute atomic E-state index is 0.700. The minimum Gasteiger partial charge on any atom is -0.339 e. The summed E-state index contributed by atoms with van der Waals surface area (Å²) in [5.74, 6) is 1.55. The molecule has 0 atom stereocenters. The minimum atomic E-state index is 0.700. The second kappa shape index (κ2) is 7.03. The smallest absolute Gasteiger partial charge is 0.163 e. The molecule has 0 unspecified atom stereocenters. The number of aryl methyl sites for hydroxylation is 3. The van der Waals surface area contributed by atoms with Crippen LogP contribution in [0.3, 0.4) is 0 Å². The van der Waals surface area contributed by atoms with Crippen LogP contribution in [0, 0.1) is 6.92 Å². The van der Waals surface area contributed by atoms with Crippen LogP contribution in [-0.2, 0) is 12.8 Å². The second-order valence-corrected chi connectivity index (χ2v) is 8.98. The van der Waals surface area contributed by atoms with E-state index in [4.69, 9.17) is 33.2 Å². The van der Waals surface area contributed by atoms with Gasteiger partial charge in [-0.3, -0.25) is 0 Å². The molecular formula is C22H17Cl2N3S. The molecule has 2 heterocycles. The maximum Gasteiger partial charge on any atom is 0.163 e. The van der Waals surface area contributed by atoms with Crippen molar-refractivity contribution in [1.29, 1.82) is 0 Å². The Morgan fingerprint density at radius 3 is 2.57 bits per heavy atom. The molecule has 0 aliphatic heterocycles. The molecule has 6 heteroatoms. The Hall–Kier alpha value is -2.14. The summed E-state index contributed by atoms with van der Waals surface area (Å²) in [7, 11) is 0. The Morgan fingerprint density at radius 2 is 1.75 bits per heavy atom. The zero-order chi connectivity index (χ0) is 19.3. The first-order valence-corrected chi connectivity index (χ1v) is 10.8. The van der Waals surface area contributed by atoms with Crippen LogP contribution in [0.4, 0.5) is 11.5 Å². The van der Waals surface area contributed by atoms with Crippen molar-refractivity contribution >= 4 is 56.3 Å². The number of benzene rings is 2. The molecule has 0 bridgehead atoms. The third-order valence-corrected chi connectivity index (χ3v) is 6.79. The van der Waals surface area contributed by atoms with Crippen LogP contribution in [-0.4, -0.2) is 9.97 Å². The van der Waals surface area contributed by atoms with Gasteiger partial charge in [0.1, 0.15) is 10.6 Å². The van der Waals surface area contributed by atoms with Crippen LogP contribution in [0.5, 0.6) is 0 Å². The molecule has 140 valence electrons. The van der Waals surface area contributed by atoms with E-state index in [1.54, 1.807) is 11.3 Å². The number of fused-ring (bicyclic) bond motifs is 3. The summed E-state index contributed by atoms with van der Waals surface area (Å²) in [6, 6.07) is 13.5. The number of nitrogens with zero attached hydrogens (tertiary/aromatic N) is 2. The molecule has 0 fully saturated rings. The van der Waals surface area contributed by atoms with Crippen LogP contribution in [0.15, 0.2) is 42.5 Å². The molecule has 4 aromatic rings. The first-order chi connectivity index (χ1) is 13.6. The van der Waals surface area contributed by atoms with Crippen molar-refractivity contribution in [2.24, 2.45) is 0 Å². The van der Waals surface area contributed by atoms with Gasteiger partial charge in [-0.1, -0.05) is 29.3 Å². The van der Waals surface area contributed by atoms with Gasteiger partial charge in [0.05, 0.1) is 5.39 Å². The number of aromatic nitrogens is 2. The predicted molar refractivity (Wildman–Crippen MR) is 119 cm³/mol. The monoisotopic (exact) mass is 425 g/mol. The molecule has 3 nitrogen and oxygen atoms in total. The fourth-order valence-electron chi connectivity index (χ4n) is 3.67. The Kier molecular flexibility index (Phi) is 4.50. The van der Waals surface area contributed by atoms with Crippen LogP contribution in [0.1, 0.15) is 22.4 Å². The average Bonchev–Trinajstić information content (AvgIpc) is 3.26. The Bertz CT molecular complexity index is 1200. The van der Waals surface area contributed by atoms with E-state index >= 15 is 0 Å². The van der Waals surface area contributed by atoms with Crippen molar-refractivity contribution in [3.05, 3.63) is 68.5 Å². The third-order valence-electron chi connectivity index (χ3n) is 5.12. The highest BCUT2D eigenvalue weighted by Gasteiger charge is 2.23. The summed E-state index contributed by atoms with van der Waals surface area (Å²) in [5.41, 5.74) is 4.43. The van der Waals surface area contributed by atoms with Crippen LogP contribution in [0.2, 0.25) is 10.0 Å². The number of hydrogen-bond donors (Lipinski definition) is 1. The summed E-state index contributed by atoms with van der Waals surface area (Å²) in [6.07, 6.45) is 3.41. The van der Waals surface area contributed by atoms with Gasteiger partial charge in [0.25, 0.3) is 0 Å². The van der Waals surface area contributed by atoms with E-state index < -0.39 is 0 Å². The first-order valence-electron chi connectivity index (χ1n) is 9.20. The summed E-state index contributed by atoms with van der Waals surface area (Å²) >= 11 is 14.1. The van der Waals surface area contributed by atoms with Crippen molar-refractivity contribution < 1.29 is 0 Å². The summed E-state index contributed by atoms with van der Waals surface area (Å²) in [6.45, 7) is 2.06. The zero-order valence-corrected chi connectivity index (χ0v) is 17.5. The third kappa shape index (κ3) is 3.16. The normalized spacial score (nSPS) is 13.1. The van der Waals surface area contributed by atoms with Gasteiger partial charge in [-0.15, -0.1) is 11.3 Å². The first kappa shape index (κ1) is 17.9. The van der Waals surface area contributed by atoms with E-state index in [9.17, 15) is 0 Å². The van der Waals surface area contributed by atoms with Crippen LogP contribution < -0.4 is 5.32 Å². The highest BCUT2D eigenvalue weighted by atomic mass is 35.5. The topological polar surface area (TPSA) is 37.8 Å². The lowest BCUT2D eigenvalue weighted by molar-refractivity contribution is 0.917. The van der Waals surface area contributed by atoms with Crippen LogP contribution in [0.25, 0.3) is 21.6 Å². The highest BCUT2D eigenvalue weighted by Crippen LogP contribution is 2.41. The Labute approximate surface area is 177 Å². The van der Waals surface area contributed by atoms with Gasteiger partial charge in [-0.2, -0.15) is 0 Å². The Balaban J connectivity index is 1.70. The standard InChI is InChI=1S/C22H17Cl2N3S/c1-12-5-8-15(24)11-17(12)25-21-19-16-3-2-4-18(16)28-22(19)27-20(26-21)13-6-9-14(23)10-7-13/h5-11H,2-4H2,1H3,(H,25,26,27). The molecule has 1 aliphatic rings. The summed E-state index contributed by atoms with van der Waals surface area (Å²) in [4.78, 5) is 12.3. The van der Waals surface area contributed by atoms with Gasteiger partial charge in [0.2, 0.25) is 0 Å². The molecule has 1 aliphatic carbocycles. The quantitative estimate of drug-likeness (QED) is 0.376. The number of nitrogens with one attached hydrogen (secondary N) is 1. The Morgan fingerprint density at radius 1 is 0.964 bits per heavy atom. The summed E-state index contributed by atoms with van der Waals surface area (Å²) < 4.78 is 0. The van der Waals surface area contributed by atoms with E-state index in [1.165, 1.54) is 16.9 Å². The van der Waals surface area contributed by atoms with E-state index in [0.29, 0.717) is 15.9 Å². The van der Waals surface area contributed by atoms with E-state index in [-0.39, 0.29) is 0 Å². The molecule has 0 amide bonds. The predicted octanol–water partition coefficient (Wildman–Crippen LogP) is 7.21.